The lowest BCUT2D eigenvalue weighted by atomic mass is 10.2. The van der Waals surface area contributed by atoms with Crippen molar-refractivity contribution in [3.63, 3.8) is 0 Å². The molecule has 1 unspecified atom stereocenters. The fraction of sp³-hybridized carbons (Fsp3) is 0.692. The number of likely N-dealkylation sites (N-methyl/N-ethyl adjacent to an activating group) is 1. The highest BCUT2D eigenvalue weighted by molar-refractivity contribution is 7.13. The molecule has 1 saturated heterocycles. The number of morpholine rings is 1. The molecule has 1 aliphatic rings. The molecule has 0 radical (unpaired) electrons. The normalized spacial score (nSPS) is 19.8. The number of aromatic nitrogens is 1. The number of carbonyl (C=O) groups is 1. The third-order valence-electron chi connectivity index (χ3n) is 3.19. The van der Waals surface area contributed by atoms with Gasteiger partial charge < -0.3 is 19.7 Å². The Labute approximate surface area is 123 Å². The molecule has 0 saturated carbocycles. The molecule has 0 aliphatic carbocycles. The van der Waals surface area contributed by atoms with Gasteiger partial charge in [-0.15, -0.1) is 11.3 Å². The highest BCUT2D eigenvalue weighted by Crippen LogP contribution is 2.17. The largest absolute Gasteiger partial charge is 0.469 e. The lowest BCUT2D eigenvalue weighted by Gasteiger charge is -2.29. The summed E-state index contributed by atoms with van der Waals surface area (Å²) in [4.78, 5) is 17.8. The number of esters is 1. The standard InChI is InChI=1S/C13H21N3O3S/c1-16-5-6-19-11(8-16)7-14-13-15-10(9-20-13)3-4-12(17)18-2/h9,11H,3-8H2,1-2H3,(H,14,15). The number of anilines is 1. The number of nitrogens with zero attached hydrogens (tertiary/aromatic N) is 2. The summed E-state index contributed by atoms with van der Waals surface area (Å²) in [5.41, 5.74) is 0.921. The molecule has 1 aromatic heterocycles. The second kappa shape index (κ2) is 7.56. The summed E-state index contributed by atoms with van der Waals surface area (Å²) in [5.74, 6) is -0.203. The van der Waals surface area contributed by atoms with Gasteiger partial charge in [0.25, 0.3) is 0 Å². The lowest BCUT2D eigenvalue weighted by molar-refractivity contribution is -0.140. The third-order valence-corrected chi connectivity index (χ3v) is 4.04. The van der Waals surface area contributed by atoms with E-state index < -0.39 is 0 Å². The Kier molecular flexibility index (Phi) is 5.75. The monoisotopic (exact) mass is 299 g/mol. The first-order chi connectivity index (χ1) is 9.67. The fourth-order valence-electron chi connectivity index (χ4n) is 2.03. The average Bonchev–Trinajstić information content (AvgIpc) is 2.90. The molecule has 0 bridgehead atoms. The summed E-state index contributed by atoms with van der Waals surface area (Å²) in [7, 11) is 3.50. The van der Waals surface area contributed by atoms with Crippen LogP contribution in [0.25, 0.3) is 0 Å². The van der Waals surface area contributed by atoms with Crippen LogP contribution in [-0.4, -0.2) is 62.4 Å². The number of hydrogen-bond acceptors (Lipinski definition) is 7. The van der Waals surface area contributed by atoms with Crippen LogP contribution in [0.5, 0.6) is 0 Å². The summed E-state index contributed by atoms with van der Waals surface area (Å²) in [5, 5.41) is 6.14. The van der Waals surface area contributed by atoms with Gasteiger partial charge in [-0.2, -0.15) is 0 Å². The second-order valence-electron chi connectivity index (χ2n) is 4.86. The molecule has 1 aromatic rings. The summed E-state index contributed by atoms with van der Waals surface area (Å²) >= 11 is 1.55. The summed E-state index contributed by atoms with van der Waals surface area (Å²) in [6.45, 7) is 3.47. The lowest BCUT2D eigenvalue weighted by Crippen LogP contribution is -2.43. The van der Waals surface area contributed by atoms with Crippen LogP contribution in [0.3, 0.4) is 0 Å². The van der Waals surface area contributed by atoms with Gasteiger partial charge in [0.1, 0.15) is 0 Å². The van der Waals surface area contributed by atoms with E-state index in [4.69, 9.17) is 4.74 Å². The predicted molar refractivity (Wildman–Crippen MR) is 78.2 cm³/mol. The number of hydrogen-bond donors (Lipinski definition) is 1. The van der Waals surface area contributed by atoms with Crippen LogP contribution in [-0.2, 0) is 20.7 Å². The Morgan fingerprint density at radius 1 is 1.70 bits per heavy atom. The van der Waals surface area contributed by atoms with Gasteiger partial charge in [0, 0.05) is 31.4 Å². The van der Waals surface area contributed by atoms with Crippen molar-refractivity contribution >= 4 is 22.4 Å². The number of carbonyl (C=O) groups excluding carboxylic acids is 1. The molecule has 2 rings (SSSR count). The molecule has 1 N–H and O–H groups in total. The van der Waals surface area contributed by atoms with Crippen LogP contribution < -0.4 is 5.32 Å². The number of methoxy groups -OCH3 is 1. The zero-order valence-electron chi connectivity index (χ0n) is 11.9. The van der Waals surface area contributed by atoms with E-state index in [-0.39, 0.29) is 12.1 Å². The summed E-state index contributed by atoms with van der Waals surface area (Å²) in [6, 6.07) is 0. The van der Waals surface area contributed by atoms with Gasteiger partial charge in [0.05, 0.1) is 31.9 Å². The quantitative estimate of drug-likeness (QED) is 0.790. The topological polar surface area (TPSA) is 63.7 Å². The van der Waals surface area contributed by atoms with Gasteiger partial charge in [0.15, 0.2) is 5.13 Å². The minimum Gasteiger partial charge on any atom is -0.469 e. The maximum Gasteiger partial charge on any atom is 0.305 e. The van der Waals surface area contributed by atoms with Gasteiger partial charge in [-0.05, 0) is 7.05 Å². The number of ether oxygens (including phenoxy) is 2. The van der Waals surface area contributed by atoms with Crippen LogP contribution in [0.1, 0.15) is 12.1 Å². The van der Waals surface area contributed by atoms with Crippen LogP contribution >= 0.6 is 11.3 Å². The summed E-state index contributed by atoms with van der Waals surface area (Å²) in [6.07, 6.45) is 1.19. The zero-order valence-corrected chi connectivity index (χ0v) is 12.7. The maximum absolute atomic E-state index is 11.1. The van der Waals surface area contributed by atoms with E-state index in [0.29, 0.717) is 12.8 Å². The third kappa shape index (κ3) is 4.73. The van der Waals surface area contributed by atoms with Gasteiger partial charge in [-0.1, -0.05) is 0 Å². The zero-order chi connectivity index (χ0) is 14.4. The summed E-state index contributed by atoms with van der Waals surface area (Å²) < 4.78 is 10.3. The van der Waals surface area contributed by atoms with E-state index in [2.05, 4.69) is 27.0 Å². The SMILES string of the molecule is COC(=O)CCc1csc(NCC2CN(C)CCO2)n1. The predicted octanol–water partition coefficient (Wildman–Crippen LogP) is 0.991. The number of nitrogens with one attached hydrogen (secondary N) is 1. The van der Waals surface area contributed by atoms with E-state index >= 15 is 0 Å². The first-order valence-corrected chi connectivity index (χ1v) is 7.60. The minimum atomic E-state index is -0.203. The Balaban J connectivity index is 1.73. The molecule has 1 atom stereocenters. The first kappa shape index (κ1) is 15.2. The van der Waals surface area contributed by atoms with E-state index in [9.17, 15) is 4.79 Å². The van der Waals surface area contributed by atoms with Crippen molar-refractivity contribution in [2.75, 3.05) is 45.7 Å². The molecule has 0 spiro atoms. The molecule has 6 nitrogen and oxygen atoms in total. The van der Waals surface area contributed by atoms with Gasteiger partial charge in [-0.3, -0.25) is 4.79 Å². The van der Waals surface area contributed by atoms with Crippen molar-refractivity contribution < 1.29 is 14.3 Å². The highest BCUT2D eigenvalue weighted by atomic mass is 32.1. The molecule has 0 aromatic carbocycles. The fourth-order valence-corrected chi connectivity index (χ4v) is 2.78. The van der Waals surface area contributed by atoms with Crippen molar-refractivity contribution in [1.29, 1.82) is 0 Å². The molecule has 0 amide bonds. The molecule has 20 heavy (non-hydrogen) atoms. The number of rotatable bonds is 6. The second-order valence-corrected chi connectivity index (χ2v) is 5.71. The van der Waals surface area contributed by atoms with Crippen LogP contribution in [0.15, 0.2) is 5.38 Å². The molecule has 7 heteroatoms. The maximum atomic E-state index is 11.1. The van der Waals surface area contributed by atoms with Crippen LogP contribution in [0, 0.1) is 0 Å². The van der Waals surface area contributed by atoms with Crippen LogP contribution in [0.2, 0.25) is 0 Å². The first-order valence-electron chi connectivity index (χ1n) is 6.72. The van der Waals surface area contributed by atoms with E-state index in [1.807, 2.05) is 5.38 Å². The Morgan fingerprint density at radius 3 is 3.30 bits per heavy atom. The molecule has 1 fully saturated rings. The molecular formula is C13H21N3O3S. The Hall–Kier alpha value is -1.18. The van der Waals surface area contributed by atoms with Crippen molar-refractivity contribution in [2.24, 2.45) is 0 Å². The van der Waals surface area contributed by atoms with Crippen molar-refractivity contribution in [1.82, 2.24) is 9.88 Å². The van der Waals surface area contributed by atoms with E-state index in [0.717, 1.165) is 37.1 Å². The van der Waals surface area contributed by atoms with E-state index in [1.54, 1.807) is 11.3 Å². The van der Waals surface area contributed by atoms with Crippen LogP contribution in [0.4, 0.5) is 5.13 Å². The molecule has 112 valence electrons. The van der Waals surface area contributed by atoms with Crippen molar-refractivity contribution in [3.8, 4) is 0 Å². The highest BCUT2D eigenvalue weighted by Gasteiger charge is 2.17. The van der Waals surface area contributed by atoms with E-state index in [1.165, 1.54) is 7.11 Å². The Bertz CT molecular complexity index is 438. The van der Waals surface area contributed by atoms with Crippen molar-refractivity contribution in [2.45, 2.75) is 18.9 Å². The minimum absolute atomic E-state index is 0.203. The smallest absolute Gasteiger partial charge is 0.305 e. The molecular weight excluding hydrogens is 278 g/mol. The van der Waals surface area contributed by atoms with Crippen molar-refractivity contribution in [3.05, 3.63) is 11.1 Å². The average molecular weight is 299 g/mol. The van der Waals surface area contributed by atoms with Gasteiger partial charge >= 0.3 is 5.97 Å². The Morgan fingerprint density at radius 2 is 2.55 bits per heavy atom. The molecule has 2 heterocycles. The molecule has 1 aliphatic heterocycles. The number of aryl methyl sites for hydroxylation is 1. The van der Waals surface area contributed by atoms with Gasteiger partial charge in [-0.25, -0.2) is 4.98 Å². The van der Waals surface area contributed by atoms with Gasteiger partial charge in [0.2, 0.25) is 0 Å². The number of thiazole rings is 1.